The molecule has 0 radical (unpaired) electrons. The van der Waals surface area contributed by atoms with E-state index >= 15 is 0 Å². The van der Waals surface area contributed by atoms with Crippen LogP contribution in [0, 0.1) is 3.70 Å². The standard InChI is InChI=1S/C7H5F3INO/c1-13-5-2-4(7(8,9)10)3-12-6(5)11/h2-3H,1H3. The summed E-state index contributed by atoms with van der Waals surface area (Å²) >= 11 is 1.80. The molecule has 0 aliphatic carbocycles. The summed E-state index contributed by atoms with van der Waals surface area (Å²) in [4.78, 5) is 3.56. The van der Waals surface area contributed by atoms with Gasteiger partial charge in [0.2, 0.25) is 0 Å². The molecule has 0 atom stereocenters. The SMILES string of the molecule is COc1cc(C(F)(F)F)cnc1I. The third-order valence-corrected chi connectivity index (χ3v) is 2.16. The number of hydrogen-bond acceptors (Lipinski definition) is 2. The maximum Gasteiger partial charge on any atom is 0.418 e. The molecule has 1 aromatic heterocycles. The van der Waals surface area contributed by atoms with Gasteiger partial charge < -0.3 is 4.74 Å². The molecule has 0 fully saturated rings. The Bertz CT molecular complexity index is 313. The monoisotopic (exact) mass is 303 g/mol. The Kier molecular flexibility index (Phi) is 2.99. The molecule has 6 heteroatoms. The van der Waals surface area contributed by atoms with Crippen molar-refractivity contribution < 1.29 is 17.9 Å². The van der Waals surface area contributed by atoms with Crippen molar-refractivity contribution in [1.29, 1.82) is 0 Å². The van der Waals surface area contributed by atoms with Gasteiger partial charge in [0.1, 0.15) is 3.70 Å². The van der Waals surface area contributed by atoms with Crippen molar-refractivity contribution in [2.24, 2.45) is 0 Å². The Hall–Kier alpha value is -0.530. The summed E-state index contributed by atoms with van der Waals surface area (Å²) in [5.41, 5.74) is -0.801. The van der Waals surface area contributed by atoms with Crippen LogP contribution >= 0.6 is 22.6 Å². The smallest absolute Gasteiger partial charge is 0.418 e. The molecule has 0 bridgehead atoms. The lowest BCUT2D eigenvalue weighted by molar-refractivity contribution is -0.137. The predicted octanol–water partition coefficient (Wildman–Crippen LogP) is 2.71. The number of rotatable bonds is 1. The maximum absolute atomic E-state index is 12.1. The topological polar surface area (TPSA) is 22.1 Å². The van der Waals surface area contributed by atoms with Crippen LogP contribution in [0.25, 0.3) is 0 Å². The van der Waals surface area contributed by atoms with Gasteiger partial charge in [0.25, 0.3) is 0 Å². The predicted molar refractivity (Wildman–Crippen MR) is 48.5 cm³/mol. The van der Waals surface area contributed by atoms with Gasteiger partial charge in [0.05, 0.1) is 12.7 Å². The van der Waals surface area contributed by atoms with Crippen LogP contribution in [0.1, 0.15) is 5.56 Å². The molecule has 0 saturated heterocycles. The fourth-order valence-corrected chi connectivity index (χ4v) is 1.24. The normalized spacial score (nSPS) is 11.5. The molecule has 0 aromatic carbocycles. The van der Waals surface area contributed by atoms with Gasteiger partial charge in [-0.25, -0.2) is 4.98 Å². The first-order chi connectivity index (χ1) is 5.95. The molecule has 0 unspecified atom stereocenters. The molecule has 1 aromatic rings. The second kappa shape index (κ2) is 3.69. The molecular formula is C7H5F3INO. The van der Waals surface area contributed by atoms with Crippen molar-refractivity contribution in [3.8, 4) is 5.75 Å². The zero-order valence-corrected chi connectivity index (χ0v) is 8.68. The Balaban J connectivity index is 3.14. The number of ether oxygens (including phenoxy) is 1. The first kappa shape index (κ1) is 10.6. The number of halogens is 4. The summed E-state index contributed by atoms with van der Waals surface area (Å²) in [5, 5.41) is 0. The van der Waals surface area contributed by atoms with Gasteiger partial charge in [-0.2, -0.15) is 13.2 Å². The molecule has 0 saturated carbocycles. The number of alkyl halides is 3. The fraction of sp³-hybridized carbons (Fsp3) is 0.286. The van der Waals surface area contributed by atoms with Crippen LogP contribution in [0.2, 0.25) is 0 Å². The quantitative estimate of drug-likeness (QED) is 0.588. The first-order valence-electron chi connectivity index (χ1n) is 3.22. The largest absolute Gasteiger partial charge is 0.494 e. The lowest BCUT2D eigenvalue weighted by Crippen LogP contribution is -2.06. The van der Waals surface area contributed by atoms with E-state index in [9.17, 15) is 13.2 Å². The summed E-state index contributed by atoms with van der Waals surface area (Å²) in [5.74, 6) is 0.135. The van der Waals surface area contributed by atoms with Crippen LogP contribution in [0.4, 0.5) is 13.2 Å². The number of nitrogens with zero attached hydrogens (tertiary/aromatic N) is 1. The Morgan fingerprint density at radius 2 is 2.08 bits per heavy atom. The maximum atomic E-state index is 12.1. The van der Waals surface area contributed by atoms with Crippen LogP contribution in [-0.4, -0.2) is 12.1 Å². The van der Waals surface area contributed by atoms with E-state index in [2.05, 4.69) is 4.98 Å². The van der Waals surface area contributed by atoms with Crippen LogP contribution in [-0.2, 0) is 6.18 Å². The Morgan fingerprint density at radius 3 is 2.54 bits per heavy atom. The van der Waals surface area contributed by atoms with E-state index in [1.54, 1.807) is 22.6 Å². The fourth-order valence-electron chi connectivity index (χ4n) is 0.726. The van der Waals surface area contributed by atoms with Gasteiger partial charge >= 0.3 is 6.18 Å². The Morgan fingerprint density at radius 1 is 1.46 bits per heavy atom. The highest BCUT2D eigenvalue weighted by Gasteiger charge is 2.31. The average Bonchev–Trinajstić information content (AvgIpc) is 2.03. The number of pyridine rings is 1. The van der Waals surface area contributed by atoms with Crippen molar-refractivity contribution in [2.45, 2.75) is 6.18 Å². The molecule has 0 spiro atoms. The van der Waals surface area contributed by atoms with E-state index < -0.39 is 11.7 Å². The second-order valence-electron chi connectivity index (χ2n) is 2.21. The van der Waals surface area contributed by atoms with Gasteiger partial charge in [-0.3, -0.25) is 0 Å². The van der Waals surface area contributed by atoms with Crippen LogP contribution in [0.15, 0.2) is 12.3 Å². The highest BCUT2D eigenvalue weighted by molar-refractivity contribution is 14.1. The molecule has 0 N–H and O–H groups in total. The van der Waals surface area contributed by atoms with Gasteiger partial charge in [-0.1, -0.05) is 0 Å². The summed E-state index contributed by atoms with van der Waals surface area (Å²) in [6.45, 7) is 0. The van der Waals surface area contributed by atoms with E-state index in [1.165, 1.54) is 7.11 Å². The minimum atomic E-state index is -4.37. The molecule has 72 valence electrons. The lowest BCUT2D eigenvalue weighted by atomic mass is 10.3. The van der Waals surface area contributed by atoms with Crippen molar-refractivity contribution in [1.82, 2.24) is 4.98 Å². The summed E-state index contributed by atoms with van der Waals surface area (Å²) in [7, 11) is 1.30. The summed E-state index contributed by atoms with van der Waals surface area (Å²) in [6, 6.07) is 0.925. The molecule has 0 aliphatic heterocycles. The minimum absolute atomic E-state index is 0.135. The molecule has 0 amide bonds. The van der Waals surface area contributed by atoms with Crippen molar-refractivity contribution in [3.63, 3.8) is 0 Å². The zero-order valence-electron chi connectivity index (χ0n) is 6.52. The zero-order chi connectivity index (χ0) is 10.1. The van der Waals surface area contributed by atoms with Crippen molar-refractivity contribution in [2.75, 3.05) is 7.11 Å². The third kappa shape index (κ3) is 2.45. The number of methoxy groups -OCH3 is 1. The van der Waals surface area contributed by atoms with Crippen LogP contribution in [0.3, 0.4) is 0 Å². The van der Waals surface area contributed by atoms with Gasteiger partial charge in [0, 0.05) is 6.20 Å². The highest BCUT2D eigenvalue weighted by Crippen LogP contribution is 2.32. The van der Waals surface area contributed by atoms with Gasteiger partial charge in [-0.05, 0) is 28.7 Å². The summed E-state index contributed by atoms with van der Waals surface area (Å²) in [6.07, 6.45) is -3.59. The number of aromatic nitrogens is 1. The van der Waals surface area contributed by atoms with Crippen LogP contribution in [0.5, 0.6) is 5.75 Å². The van der Waals surface area contributed by atoms with E-state index in [0.717, 1.165) is 12.3 Å². The van der Waals surface area contributed by atoms with Crippen molar-refractivity contribution >= 4 is 22.6 Å². The van der Waals surface area contributed by atoms with Crippen LogP contribution < -0.4 is 4.74 Å². The molecule has 0 aliphatic rings. The van der Waals surface area contributed by atoms with Crippen molar-refractivity contribution in [3.05, 3.63) is 21.5 Å². The molecule has 1 rings (SSSR count). The van der Waals surface area contributed by atoms with Gasteiger partial charge in [0.15, 0.2) is 5.75 Å². The molecule has 13 heavy (non-hydrogen) atoms. The minimum Gasteiger partial charge on any atom is -0.494 e. The first-order valence-corrected chi connectivity index (χ1v) is 4.29. The number of hydrogen-bond donors (Lipinski definition) is 0. The van der Waals surface area contributed by atoms with E-state index in [-0.39, 0.29) is 5.75 Å². The molecular weight excluding hydrogens is 298 g/mol. The molecule has 1 heterocycles. The average molecular weight is 303 g/mol. The van der Waals surface area contributed by atoms with Gasteiger partial charge in [-0.15, -0.1) is 0 Å². The summed E-state index contributed by atoms with van der Waals surface area (Å²) < 4.78 is 41.5. The lowest BCUT2D eigenvalue weighted by Gasteiger charge is -2.08. The van der Waals surface area contributed by atoms with E-state index in [0.29, 0.717) is 3.70 Å². The second-order valence-corrected chi connectivity index (χ2v) is 3.24. The van der Waals surface area contributed by atoms with E-state index in [4.69, 9.17) is 4.74 Å². The Labute approximate surface area is 86.3 Å². The third-order valence-electron chi connectivity index (χ3n) is 1.35. The van der Waals surface area contributed by atoms with E-state index in [1.807, 2.05) is 0 Å². The molecule has 2 nitrogen and oxygen atoms in total. The highest BCUT2D eigenvalue weighted by atomic mass is 127.